The van der Waals surface area contributed by atoms with Crippen molar-refractivity contribution < 1.29 is 4.74 Å². The maximum atomic E-state index is 6.05. The van der Waals surface area contributed by atoms with Crippen LogP contribution in [0.4, 0.5) is 0 Å². The molecule has 108 valence electrons. The van der Waals surface area contributed by atoms with Gasteiger partial charge in [0.1, 0.15) is 0 Å². The van der Waals surface area contributed by atoms with Gasteiger partial charge >= 0.3 is 0 Å². The largest absolute Gasteiger partial charge is 0.467 e. The van der Waals surface area contributed by atoms with Crippen molar-refractivity contribution in [2.24, 2.45) is 11.8 Å². The predicted molar refractivity (Wildman–Crippen MR) is 81.7 cm³/mol. The van der Waals surface area contributed by atoms with Crippen molar-refractivity contribution in [2.45, 2.75) is 77.0 Å². The second kappa shape index (κ2) is 7.77. The Morgan fingerprint density at radius 3 is 1.21 bits per heavy atom. The van der Waals surface area contributed by atoms with Gasteiger partial charge in [-0.25, -0.2) is 0 Å². The minimum atomic E-state index is 0.574. The van der Waals surface area contributed by atoms with Crippen LogP contribution in [0.15, 0.2) is 24.7 Å². The van der Waals surface area contributed by atoms with Crippen molar-refractivity contribution in [1.82, 2.24) is 0 Å². The second-order valence-corrected chi connectivity index (χ2v) is 6.41. The zero-order chi connectivity index (χ0) is 13.5. The van der Waals surface area contributed by atoms with Crippen LogP contribution in [-0.4, -0.2) is 0 Å². The van der Waals surface area contributed by atoms with Gasteiger partial charge in [0, 0.05) is 11.8 Å². The number of rotatable bonds is 4. The molecule has 0 heterocycles. The van der Waals surface area contributed by atoms with E-state index >= 15 is 0 Å². The lowest BCUT2D eigenvalue weighted by Crippen LogP contribution is -2.10. The van der Waals surface area contributed by atoms with Crippen LogP contribution in [0.1, 0.15) is 77.0 Å². The van der Waals surface area contributed by atoms with Gasteiger partial charge in [-0.05, 0) is 25.7 Å². The summed E-state index contributed by atoms with van der Waals surface area (Å²) in [6, 6.07) is 0. The molecule has 0 bridgehead atoms. The Kier molecular flexibility index (Phi) is 6.00. The smallest absolute Gasteiger partial charge is 0.0995 e. The third kappa shape index (κ3) is 4.71. The third-order valence-corrected chi connectivity index (χ3v) is 4.88. The first-order chi connectivity index (χ1) is 9.27. The summed E-state index contributed by atoms with van der Waals surface area (Å²) in [4.78, 5) is 0. The van der Waals surface area contributed by atoms with Crippen LogP contribution in [0.5, 0.6) is 0 Å². The first-order valence-electron chi connectivity index (χ1n) is 8.33. The highest BCUT2D eigenvalue weighted by Crippen LogP contribution is 2.33. The highest BCUT2D eigenvalue weighted by Gasteiger charge is 2.21. The van der Waals surface area contributed by atoms with E-state index in [1.54, 1.807) is 0 Å². The van der Waals surface area contributed by atoms with Gasteiger partial charge in [0.05, 0.1) is 11.5 Å². The molecule has 0 spiro atoms. The summed E-state index contributed by atoms with van der Waals surface area (Å²) < 4.78 is 6.05. The third-order valence-electron chi connectivity index (χ3n) is 4.88. The molecule has 0 saturated heterocycles. The fourth-order valence-electron chi connectivity index (χ4n) is 3.54. The van der Waals surface area contributed by atoms with E-state index in [0.717, 1.165) is 11.5 Å². The molecule has 0 radical (unpaired) electrons. The van der Waals surface area contributed by atoms with E-state index in [2.05, 4.69) is 13.2 Å². The first-order valence-corrected chi connectivity index (χ1v) is 8.33. The second-order valence-electron chi connectivity index (χ2n) is 6.41. The molecule has 2 fully saturated rings. The Morgan fingerprint density at radius 1 is 0.579 bits per heavy atom. The zero-order valence-corrected chi connectivity index (χ0v) is 12.5. The summed E-state index contributed by atoms with van der Waals surface area (Å²) in [6.07, 6.45) is 15.9. The number of hydrogen-bond donors (Lipinski definition) is 0. The number of ether oxygens (including phenoxy) is 1. The molecule has 0 amide bonds. The molecule has 2 aliphatic carbocycles. The molecule has 1 nitrogen and oxygen atoms in total. The van der Waals surface area contributed by atoms with Crippen LogP contribution in [0.3, 0.4) is 0 Å². The van der Waals surface area contributed by atoms with E-state index < -0.39 is 0 Å². The minimum absolute atomic E-state index is 0.574. The van der Waals surface area contributed by atoms with Gasteiger partial charge in [0.15, 0.2) is 0 Å². The molecule has 0 unspecified atom stereocenters. The first kappa shape index (κ1) is 14.7. The Labute approximate surface area is 119 Å². The summed E-state index contributed by atoms with van der Waals surface area (Å²) in [6.45, 7) is 8.39. The molecule has 0 aromatic carbocycles. The van der Waals surface area contributed by atoms with Gasteiger partial charge in [0.25, 0.3) is 0 Å². The van der Waals surface area contributed by atoms with Gasteiger partial charge < -0.3 is 4.74 Å². The van der Waals surface area contributed by atoms with Crippen molar-refractivity contribution in [1.29, 1.82) is 0 Å². The summed E-state index contributed by atoms with van der Waals surface area (Å²) in [5.74, 6) is 3.14. The standard InChI is InChI=1S/C18H30O/c1-15(17-11-7-3-4-8-12-17)19-16(2)18-13-9-5-6-10-14-18/h17-18H,1-14H2. The highest BCUT2D eigenvalue weighted by molar-refractivity contribution is 5.01. The zero-order valence-electron chi connectivity index (χ0n) is 12.5. The minimum Gasteiger partial charge on any atom is -0.467 e. The van der Waals surface area contributed by atoms with Crippen LogP contribution < -0.4 is 0 Å². The van der Waals surface area contributed by atoms with E-state index in [-0.39, 0.29) is 0 Å². The maximum Gasteiger partial charge on any atom is 0.0995 e. The van der Waals surface area contributed by atoms with E-state index in [1.165, 1.54) is 77.0 Å². The van der Waals surface area contributed by atoms with Crippen LogP contribution in [0.2, 0.25) is 0 Å². The van der Waals surface area contributed by atoms with Crippen molar-refractivity contribution >= 4 is 0 Å². The Morgan fingerprint density at radius 2 is 0.895 bits per heavy atom. The molecule has 1 heteroatoms. The topological polar surface area (TPSA) is 9.23 Å². The van der Waals surface area contributed by atoms with E-state index in [0.29, 0.717) is 11.8 Å². The lowest BCUT2D eigenvalue weighted by molar-refractivity contribution is 0.203. The summed E-state index contributed by atoms with van der Waals surface area (Å²) in [5.41, 5.74) is 0. The maximum absolute atomic E-state index is 6.05. The molecule has 19 heavy (non-hydrogen) atoms. The molecule has 0 N–H and O–H groups in total. The van der Waals surface area contributed by atoms with E-state index in [9.17, 15) is 0 Å². The average molecular weight is 262 g/mol. The van der Waals surface area contributed by atoms with Crippen molar-refractivity contribution in [3.05, 3.63) is 24.7 Å². The summed E-state index contributed by atoms with van der Waals surface area (Å²) in [7, 11) is 0. The molecule has 0 aromatic heterocycles. The van der Waals surface area contributed by atoms with Crippen molar-refractivity contribution in [3.63, 3.8) is 0 Å². The highest BCUT2D eigenvalue weighted by atomic mass is 16.5. The lowest BCUT2D eigenvalue weighted by atomic mass is 9.97. The fourth-order valence-corrected chi connectivity index (χ4v) is 3.54. The van der Waals surface area contributed by atoms with Gasteiger partial charge in [-0.3, -0.25) is 0 Å². The Balaban J connectivity index is 1.81. The summed E-state index contributed by atoms with van der Waals surface area (Å²) in [5, 5.41) is 0. The van der Waals surface area contributed by atoms with Gasteiger partial charge in [-0.2, -0.15) is 0 Å². The average Bonchev–Trinajstić information content (AvgIpc) is 2.83. The number of allylic oxidation sites excluding steroid dienone is 2. The monoisotopic (exact) mass is 262 g/mol. The van der Waals surface area contributed by atoms with E-state index in [4.69, 9.17) is 4.74 Å². The van der Waals surface area contributed by atoms with Crippen molar-refractivity contribution in [2.75, 3.05) is 0 Å². The van der Waals surface area contributed by atoms with Crippen LogP contribution in [-0.2, 0) is 4.74 Å². The van der Waals surface area contributed by atoms with Crippen LogP contribution in [0.25, 0.3) is 0 Å². The molecule has 2 aliphatic rings. The fraction of sp³-hybridized carbons (Fsp3) is 0.778. The van der Waals surface area contributed by atoms with Crippen LogP contribution in [0, 0.1) is 11.8 Å². The van der Waals surface area contributed by atoms with Gasteiger partial charge in [-0.15, -0.1) is 0 Å². The van der Waals surface area contributed by atoms with Gasteiger partial charge in [0.2, 0.25) is 0 Å². The lowest BCUT2D eigenvalue weighted by Gasteiger charge is -2.23. The van der Waals surface area contributed by atoms with Gasteiger partial charge in [-0.1, -0.05) is 64.5 Å². The molecule has 0 aromatic rings. The number of hydrogen-bond acceptors (Lipinski definition) is 1. The molecule has 2 rings (SSSR count). The molecular weight excluding hydrogens is 232 g/mol. The van der Waals surface area contributed by atoms with Crippen LogP contribution >= 0.6 is 0 Å². The molecule has 0 atom stereocenters. The molecular formula is C18H30O. The normalized spacial score (nSPS) is 23.4. The molecule has 2 saturated carbocycles. The Bertz CT molecular complexity index is 259. The SMILES string of the molecule is C=C(OC(=C)C1CCCCCC1)C1CCCCCC1. The predicted octanol–water partition coefficient (Wildman–Crippen LogP) is 5.97. The quantitative estimate of drug-likeness (QED) is 0.448. The summed E-state index contributed by atoms with van der Waals surface area (Å²) >= 11 is 0. The molecule has 0 aliphatic heterocycles. The van der Waals surface area contributed by atoms with E-state index in [1.807, 2.05) is 0 Å². The Hall–Kier alpha value is -0.720. The van der Waals surface area contributed by atoms with Crippen molar-refractivity contribution in [3.8, 4) is 0 Å².